The van der Waals surface area contributed by atoms with E-state index in [9.17, 15) is 14.4 Å². The highest BCUT2D eigenvalue weighted by molar-refractivity contribution is 6.04. The Labute approximate surface area is 196 Å². The van der Waals surface area contributed by atoms with Gasteiger partial charge < -0.3 is 24.8 Å². The summed E-state index contributed by atoms with van der Waals surface area (Å²) in [6, 6.07) is 11.4. The van der Waals surface area contributed by atoms with Crippen LogP contribution in [0.3, 0.4) is 0 Å². The van der Waals surface area contributed by atoms with Crippen molar-refractivity contribution in [2.24, 2.45) is 0 Å². The summed E-state index contributed by atoms with van der Waals surface area (Å²) in [6.45, 7) is 3.41. The standard InChI is InChI=1S/C23H25N5O6/c1-5-34-23(31)15-7-6-8-16(11-15)24-20(29)13-28-14(2)21(26-27-28)22(30)25-18-12-17(32-3)9-10-19(18)33-4/h6-12H,5,13H2,1-4H3,(H,24,29)(H,25,30). The molecule has 0 radical (unpaired) electrons. The van der Waals surface area contributed by atoms with E-state index in [-0.39, 0.29) is 18.8 Å². The highest BCUT2D eigenvalue weighted by atomic mass is 16.5. The van der Waals surface area contributed by atoms with Gasteiger partial charge in [0.2, 0.25) is 5.91 Å². The highest BCUT2D eigenvalue weighted by Gasteiger charge is 2.20. The number of esters is 1. The molecule has 34 heavy (non-hydrogen) atoms. The van der Waals surface area contributed by atoms with E-state index in [4.69, 9.17) is 14.2 Å². The van der Waals surface area contributed by atoms with E-state index >= 15 is 0 Å². The molecule has 1 aromatic heterocycles. The van der Waals surface area contributed by atoms with Gasteiger partial charge in [0.05, 0.1) is 37.8 Å². The molecule has 0 saturated carbocycles. The number of methoxy groups -OCH3 is 2. The quantitative estimate of drug-likeness (QED) is 0.459. The first-order chi connectivity index (χ1) is 16.4. The van der Waals surface area contributed by atoms with Crippen LogP contribution in [0.4, 0.5) is 11.4 Å². The van der Waals surface area contributed by atoms with Crippen LogP contribution in [0.25, 0.3) is 0 Å². The summed E-state index contributed by atoms with van der Waals surface area (Å²) in [7, 11) is 3.00. The third-order valence-electron chi connectivity index (χ3n) is 4.80. The van der Waals surface area contributed by atoms with Gasteiger partial charge in [-0.25, -0.2) is 9.48 Å². The van der Waals surface area contributed by atoms with E-state index in [0.717, 1.165) is 0 Å². The van der Waals surface area contributed by atoms with E-state index in [0.29, 0.717) is 34.1 Å². The summed E-state index contributed by atoms with van der Waals surface area (Å²) in [5, 5.41) is 13.3. The third-order valence-corrected chi connectivity index (χ3v) is 4.80. The number of hydrogen-bond donors (Lipinski definition) is 2. The van der Waals surface area contributed by atoms with Gasteiger partial charge >= 0.3 is 5.97 Å². The second kappa shape index (κ2) is 10.9. The fourth-order valence-electron chi connectivity index (χ4n) is 3.09. The number of nitrogens with one attached hydrogen (secondary N) is 2. The van der Waals surface area contributed by atoms with Gasteiger partial charge in [0.15, 0.2) is 5.69 Å². The summed E-state index contributed by atoms with van der Waals surface area (Å²) in [6.07, 6.45) is 0. The molecular weight excluding hydrogens is 442 g/mol. The van der Waals surface area contributed by atoms with Crippen LogP contribution in [-0.4, -0.2) is 53.6 Å². The second-order valence-corrected chi connectivity index (χ2v) is 7.05. The maximum Gasteiger partial charge on any atom is 0.338 e. The molecule has 0 aliphatic carbocycles. The minimum atomic E-state index is -0.516. The minimum Gasteiger partial charge on any atom is -0.497 e. The van der Waals surface area contributed by atoms with Gasteiger partial charge in [-0.2, -0.15) is 0 Å². The summed E-state index contributed by atoms with van der Waals surface area (Å²) in [4.78, 5) is 37.2. The van der Waals surface area contributed by atoms with E-state index in [1.807, 2.05) is 0 Å². The molecule has 2 aromatic carbocycles. The number of anilines is 2. The maximum atomic E-state index is 12.8. The van der Waals surface area contributed by atoms with E-state index < -0.39 is 17.8 Å². The average molecular weight is 467 g/mol. The number of carbonyl (C=O) groups is 3. The summed E-state index contributed by atoms with van der Waals surface area (Å²) in [5.74, 6) is -0.411. The zero-order valence-electron chi connectivity index (χ0n) is 19.2. The number of nitrogens with zero attached hydrogens (tertiary/aromatic N) is 3. The molecule has 0 bridgehead atoms. The van der Waals surface area contributed by atoms with Crippen LogP contribution in [0.2, 0.25) is 0 Å². The van der Waals surface area contributed by atoms with Crippen molar-refractivity contribution in [3.05, 3.63) is 59.4 Å². The Morgan fingerprint density at radius 1 is 1.03 bits per heavy atom. The molecule has 0 aliphatic heterocycles. The first-order valence-electron chi connectivity index (χ1n) is 10.4. The molecule has 3 aromatic rings. The van der Waals surface area contributed by atoms with Crippen LogP contribution in [0.15, 0.2) is 42.5 Å². The number of amides is 2. The molecule has 1 heterocycles. The summed E-state index contributed by atoms with van der Waals surface area (Å²) in [5.41, 5.74) is 1.61. The van der Waals surface area contributed by atoms with Crippen molar-refractivity contribution in [2.45, 2.75) is 20.4 Å². The van der Waals surface area contributed by atoms with Gasteiger partial charge in [-0.15, -0.1) is 5.10 Å². The van der Waals surface area contributed by atoms with Crippen LogP contribution in [0, 0.1) is 6.92 Å². The third kappa shape index (κ3) is 5.68. The predicted molar refractivity (Wildman–Crippen MR) is 123 cm³/mol. The Bertz CT molecular complexity index is 1210. The van der Waals surface area contributed by atoms with Crippen molar-refractivity contribution < 1.29 is 28.6 Å². The zero-order valence-corrected chi connectivity index (χ0v) is 19.2. The van der Waals surface area contributed by atoms with Gasteiger partial charge in [0, 0.05) is 11.8 Å². The summed E-state index contributed by atoms with van der Waals surface area (Å²) >= 11 is 0. The number of carbonyl (C=O) groups excluding carboxylic acids is 3. The molecular formula is C23H25N5O6. The monoisotopic (exact) mass is 467 g/mol. The maximum absolute atomic E-state index is 12.8. The lowest BCUT2D eigenvalue weighted by Gasteiger charge is -2.11. The van der Waals surface area contributed by atoms with Gasteiger partial charge in [0.1, 0.15) is 18.0 Å². The molecule has 178 valence electrons. The molecule has 2 amide bonds. The SMILES string of the molecule is CCOC(=O)c1cccc(NC(=O)Cn2nnc(C(=O)Nc3cc(OC)ccc3OC)c2C)c1. The van der Waals surface area contributed by atoms with Crippen LogP contribution in [0.1, 0.15) is 33.5 Å². The first-order valence-corrected chi connectivity index (χ1v) is 10.4. The zero-order chi connectivity index (χ0) is 24.7. The van der Waals surface area contributed by atoms with Gasteiger partial charge in [-0.1, -0.05) is 11.3 Å². The molecule has 11 nitrogen and oxygen atoms in total. The molecule has 3 rings (SSSR count). The molecule has 2 N–H and O–H groups in total. The second-order valence-electron chi connectivity index (χ2n) is 7.05. The fraction of sp³-hybridized carbons (Fsp3) is 0.261. The van der Waals surface area contributed by atoms with Crippen molar-refractivity contribution in [3.63, 3.8) is 0 Å². The van der Waals surface area contributed by atoms with Gasteiger partial charge in [-0.05, 0) is 44.2 Å². The fourth-order valence-corrected chi connectivity index (χ4v) is 3.09. The van der Waals surface area contributed by atoms with Crippen molar-refractivity contribution in [1.29, 1.82) is 0 Å². The number of benzene rings is 2. The van der Waals surface area contributed by atoms with E-state index in [2.05, 4.69) is 20.9 Å². The van der Waals surface area contributed by atoms with Crippen molar-refractivity contribution in [3.8, 4) is 11.5 Å². The van der Waals surface area contributed by atoms with Crippen LogP contribution >= 0.6 is 0 Å². The molecule has 0 fully saturated rings. The average Bonchev–Trinajstić information content (AvgIpc) is 3.19. The lowest BCUT2D eigenvalue weighted by atomic mass is 10.2. The molecule has 0 atom stereocenters. The lowest BCUT2D eigenvalue weighted by molar-refractivity contribution is -0.117. The highest BCUT2D eigenvalue weighted by Crippen LogP contribution is 2.29. The summed E-state index contributed by atoms with van der Waals surface area (Å²) < 4.78 is 16.7. The normalized spacial score (nSPS) is 10.4. The van der Waals surface area contributed by atoms with Crippen molar-refractivity contribution >= 4 is 29.2 Å². The Balaban J connectivity index is 1.69. The minimum absolute atomic E-state index is 0.0574. The van der Waals surface area contributed by atoms with Crippen LogP contribution in [-0.2, 0) is 16.1 Å². The molecule has 0 aliphatic rings. The Morgan fingerprint density at radius 2 is 1.82 bits per heavy atom. The Hall–Kier alpha value is -4.41. The number of ether oxygens (including phenoxy) is 3. The van der Waals surface area contributed by atoms with Gasteiger partial charge in [-0.3, -0.25) is 9.59 Å². The molecule has 0 saturated heterocycles. The van der Waals surface area contributed by atoms with Crippen molar-refractivity contribution in [2.75, 3.05) is 31.5 Å². The smallest absolute Gasteiger partial charge is 0.338 e. The van der Waals surface area contributed by atoms with Gasteiger partial charge in [0.25, 0.3) is 5.91 Å². The largest absolute Gasteiger partial charge is 0.497 e. The topological polar surface area (TPSA) is 134 Å². The number of rotatable bonds is 9. The first kappa shape index (κ1) is 24.2. The number of hydrogen-bond acceptors (Lipinski definition) is 8. The lowest BCUT2D eigenvalue weighted by Crippen LogP contribution is -2.21. The van der Waals surface area contributed by atoms with Crippen molar-refractivity contribution in [1.82, 2.24) is 15.0 Å². The predicted octanol–water partition coefficient (Wildman–Crippen LogP) is 2.67. The molecule has 11 heteroatoms. The number of aromatic nitrogens is 3. The van der Waals surface area contributed by atoms with E-state index in [1.54, 1.807) is 50.2 Å². The Kier molecular flexibility index (Phi) is 7.80. The van der Waals surface area contributed by atoms with E-state index in [1.165, 1.54) is 25.0 Å². The van der Waals surface area contributed by atoms with Crippen LogP contribution in [0.5, 0.6) is 11.5 Å². The molecule has 0 unspecified atom stereocenters. The Morgan fingerprint density at radius 3 is 2.53 bits per heavy atom. The van der Waals surface area contributed by atoms with Crippen LogP contribution < -0.4 is 20.1 Å². The molecule has 0 spiro atoms.